The number of amides is 1. The number of rotatable bonds is 11. The minimum atomic E-state index is 0.0546. The molecule has 192 valence electrons. The van der Waals surface area contributed by atoms with Gasteiger partial charge in [-0.25, -0.2) is 4.98 Å². The van der Waals surface area contributed by atoms with Gasteiger partial charge < -0.3 is 18.9 Å². The number of unbranched alkanes of at least 4 members (excludes halogenated alkanes) is 1. The number of carbonyl (C=O) groups is 1. The number of carbonyl (C=O) groups excluding carboxylic acids is 1. The molecule has 1 unspecified atom stereocenters. The number of ether oxygens (including phenoxy) is 2. The van der Waals surface area contributed by atoms with E-state index in [1.807, 2.05) is 47.4 Å². The van der Waals surface area contributed by atoms with Crippen molar-refractivity contribution in [3.8, 4) is 11.5 Å². The third kappa shape index (κ3) is 5.63. The van der Waals surface area contributed by atoms with E-state index >= 15 is 0 Å². The molecule has 0 N–H and O–H groups in total. The maximum absolute atomic E-state index is 13.1. The van der Waals surface area contributed by atoms with E-state index in [2.05, 4.69) is 41.8 Å². The number of fused-ring (bicyclic) bond motifs is 1. The second-order valence-corrected chi connectivity index (χ2v) is 9.67. The Labute approximate surface area is 218 Å². The van der Waals surface area contributed by atoms with Crippen molar-refractivity contribution in [1.29, 1.82) is 0 Å². The summed E-state index contributed by atoms with van der Waals surface area (Å²) in [5.41, 5.74) is 4.37. The van der Waals surface area contributed by atoms with Gasteiger partial charge in [-0.05, 0) is 61.2 Å². The van der Waals surface area contributed by atoms with Crippen LogP contribution in [-0.4, -0.2) is 35.7 Å². The molecule has 0 saturated carbocycles. The predicted octanol–water partition coefficient (Wildman–Crippen LogP) is 6.38. The largest absolute Gasteiger partial charge is 0.497 e. The first-order chi connectivity index (χ1) is 18.2. The number of nitrogens with zero attached hydrogens (tertiary/aromatic N) is 3. The molecule has 0 radical (unpaired) electrons. The number of anilines is 1. The number of benzene rings is 3. The Bertz CT molecular complexity index is 1350. The molecule has 37 heavy (non-hydrogen) atoms. The molecule has 0 spiro atoms. The SMILES string of the molecule is CCCCc1ccc(N2CC(c3nc4ccccc4n3CCCOc3cccc(OC)c3)CC2=O)cc1. The Hall–Kier alpha value is -3.80. The van der Waals surface area contributed by atoms with Crippen LogP contribution < -0.4 is 14.4 Å². The van der Waals surface area contributed by atoms with E-state index < -0.39 is 0 Å². The van der Waals surface area contributed by atoms with Gasteiger partial charge in [0.2, 0.25) is 5.91 Å². The van der Waals surface area contributed by atoms with Crippen LogP contribution in [0.5, 0.6) is 11.5 Å². The molecule has 6 nitrogen and oxygen atoms in total. The van der Waals surface area contributed by atoms with Gasteiger partial charge in [0, 0.05) is 37.2 Å². The molecule has 0 bridgehead atoms. The van der Waals surface area contributed by atoms with E-state index in [1.54, 1.807) is 7.11 Å². The van der Waals surface area contributed by atoms with Crippen LogP contribution >= 0.6 is 0 Å². The van der Waals surface area contributed by atoms with Gasteiger partial charge in [-0.3, -0.25) is 4.79 Å². The minimum absolute atomic E-state index is 0.0546. The third-order valence-electron chi connectivity index (χ3n) is 7.08. The summed E-state index contributed by atoms with van der Waals surface area (Å²) in [6.45, 7) is 4.21. The number of aryl methyl sites for hydroxylation is 2. The Morgan fingerprint density at radius 1 is 0.973 bits per heavy atom. The zero-order chi connectivity index (χ0) is 25.6. The quantitative estimate of drug-likeness (QED) is 0.226. The van der Waals surface area contributed by atoms with Crippen LogP contribution in [-0.2, 0) is 17.8 Å². The van der Waals surface area contributed by atoms with Gasteiger partial charge in [-0.2, -0.15) is 0 Å². The van der Waals surface area contributed by atoms with Crippen LogP contribution in [0.1, 0.15) is 49.9 Å². The lowest BCUT2D eigenvalue weighted by Gasteiger charge is -2.18. The fraction of sp³-hybridized carbons (Fsp3) is 0.355. The van der Waals surface area contributed by atoms with Crippen molar-refractivity contribution < 1.29 is 14.3 Å². The van der Waals surface area contributed by atoms with Crippen LogP contribution in [0.3, 0.4) is 0 Å². The van der Waals surface area contributed by atoms with Crippen LogP contribution in [0.2, 0.25) is 0 Å². The van der Waals surface area contributed by atoms with Crippen LogP contribution in [0.25, 0.3) is 11.0 Å². The molecule has 3 aromatic carbocycles. The fourth-order valence-corrected chi connectivity index (χ4v) is 5.10. The van der Waals surface area contributed by atoms with Gasteiger partial charge >= 0.3 is 0 Å². The summed E-state index contributed by atoms with van der Waals surface area (Å²) in [4.78, 5) is 20.0. The molecular formula is C31H35N3O3. The van der Waals surface area contributed by atoms with E-state index in [4.69, 9.17) is 14.5 Å². The van der Waals surface area contributed by atoms with Crippen LogP contribution in [0, 0.1) is 0 Å². The maximum Gasteiger partial charge on any atom is 0.227 e. The first-order valence-electron chi connectivity index (χ1n) is 13.3. The molecule has 1 atom stereocenters. The highest BCUT2D eigenvalue weighted by atomic mass is 16.5. The number of aromatic nitrogens is 2. The summed E-state index contributed by atoms with van der Waals surface area (Å²) >= 11 is 0. The highest BCUT2D eigenvalue weighted by molar-refractivity contribution is 5.96. The molecule has 6 heteroatoms. The van der Waals surface area contributed by atoms with Gasteiger partial charge in [0.15, 0.2) is 0 Å². The summed E-state index contributed by atoms with van der Waals surface area (Å²) in [6.07, 6.45) is 4.75. The van der Waals surface area contributed by atoms with Gasteiger partial charge in [0.25, 0.3) is 0 Å². The van der Waals surface area contributed by atoms with Gasteiger partial charge in [0.05, 0.1) is 24.8 Å². The zero-order valence-electron chi connectivity index (χ0n) is 21.7. The smallest absolute Gasteiger partial charge is 0.227 e. The number of para-hydroxylation sites is 2. The number of methoxy groups -OCH3 is 1. The summed E-state index contributed by atoms with van der Waals surface area (Å²) in [7, 11) is 1.66. The molecule has 1 saturated heterocycles. The molecule has 1 fully saturated rings. The van der Waals surface area contributed by atoms with Crippen molar-refractivity contribution in [3.63, 3.8) is 0 Å². The van der Waals surface area contributed by atoms with Crippen molar-refractivity contribution in [2.75, 3.05) is 25.2 Å². The highest BCUT2D eigenvalue weighted by Gasteiger charge is 2.34. The molecule has 0 aliphatic carbocycles. The number of hydrogen-bond acceptors (Lipinski definition) is 4. The number of imidazole rings is 1. The molecular weight excluding hydrogens is 462 g/mol. The fourth-order valence-electron chi connectivity index (χ4n) is 5.10. The number of hydrogen-bond donors (Lipinski definition) is 0. The van der Waals surface area contributed by atoms with E-state index in [0.29, 0.717) is 19.6 Å². The minimum Gasteiger partial charge on any atom is -0.497 e. The van der Waals surface area contributed by atoms with Crippen molar-refractivity contribution in [1.82, 2.24) is 9.55 Å². The summed E-state index contributed by atoms with van der Waals surface area (Å²) in [5, 5.41) is 0. The monoisotopic (exact) mass is 497 g/mol. The molecule has 4 aromatic rings. The standard InChI is InChI=1S/C31H35N3O3/c1-3-4-9-23-14-16-25(17-15-23)34-22-24(20-30(34)35)31-32-28-12-5-6-13-29(28)33(31)18-8-19-37-27-11-7-10-26(21-27)36-2/h5-7,10-17,21,24H,3-4,8-9,18-20,22H2,1-2H3. The highest BCUT2D eigenvalue weighted by Crippen LogP contribution is 2.33. The average Bonchev–Trinajstić information content (AvgIpc) is 3.50. The lowest BCUT2D eigenvalue weighted by molar-refractivity contribution is -0.117. The lowest BCUT2D eigenvalue weighted by atomic mass is 10.1. The summed E-state index contributed by atoms with van der Waals surface area (Å²) in [5.74, 6) is 2.78. The molecule has 1 aliphatic heterocycles. The van der Waals surface area contributed by atoms with Crippen LogP contribution in [0.15, 0.2) is 72.8 Å². The molecule has 5 rings (SSSR count). The Balaban J connectivity index is 1.29. The molecule has 1 aliphatic rings. The van der Waals surface area contributed by atoms with E-state index in [0.717, 1.165) is 53.4 Å². The first kappa shape index (κ1) is 24.9. The maximum atomic E-state index is 13.1. The van der Waals surface area contributed by atoms with Crippen molar-refractivity contribution in [2.45, 2.75) is 51.5 Å². The van der Waals surface area contributed by atoms with Crippen molar-refractivity contribution in [3.05, 3.63) is 84.2 Å². The third-order valence-corrected chi connectivity index (χ3v) is 7.08. The van der Waals surface area contributed by atoms with Gasteiger partial charge in [0.1, 0.15) is 17.3 Å². The zero-order valence-corrected chi connectivity index (χ0v) is 21.7. The summed E-state index contributed by atoms with van der Waals surface area (Å²) < 4.78 is 13.5. The molecule has 2 heterocycles. The molecule has 1 aromatic heterocycles. The van der Waals surface area contributed by atoms with Crippen LogP contribution in [0.4, 0.5) is 5.69 Å². The first-order valence-corrected chi connectivity index (χ1v) is 13.3. The Morgan fingerprint density at radius 3 is 2.59 bits per heavy atom. The topological polar surface area (TPSA) is 56.6 Å². The Kier molecular flexibility index (Phi) is 7.73. The predicted molar refractivity (Wildman–Crippen MR) is 148 cm³/mol. The van der Waals surface area contributed by atoms with E-state index in [1.165, 1.54) is 18.4 Å². The van der Waals surface area contributed by atoms with Gasteiger partial charge in [-0.1, -0.05) is 43.7 Å². The van der Waals surface area contributed by atoms with Crippen molar-refractivity contribution >= 4 is 22.6 Å². The summed E-state index contributed by atoms with van der Waals surface area (Å²) in [6, 6.07) is 24.4. The second kappa shape index (κ2) is 11.5. The second-order valence-electron chi connectivity index (χ2n) is 9.67. The normalized spacial score (nSPS) is 15.5. The Morgan fingerprint density at radius 2 is 1.78 bits per heavy atom. The van der Waals surface area contributed by atoms with Crippen molar-refractivity contribution in [2.24, 2.45) is 0 Å². The lowest BCUT2D eigenvalue weighted by Crippen LogP contribution is -2.24. The van der Waals surface area contributed by atoms with E-state index in [-0.39, 0.29) is 11.8 Å². The van der Waals surface area contributed by atoms with Gasteiger partial charge in [-0.15, -0.1) is 0 Å². The molecule has 1 amide bonds. The van der Waals surface area contributed by atoms with E-state index in [9.17, 15) is 4.79 Å². The average molecular weight is 498 g/mol.